The molecule has 0 aliphatic rings. The van der Waals surface area contributed by atoms with Gasteiger partial charge in [0.05, 0.1) is 13.0 Å². The lowest BCUT2D eigenvalue weighted by Gasteiger charge is -2.10. The molecule has 0 saturated carbocycles. The molecule has 1 aromatic rings. The van der Waals surface area contributed by atoms with Gasteiger partial charge in [-0.15, -0.1) is 0 Å². The van der Waals surface area contributed by atoms with Crippen molar-refractivity contribution in [2.45, 2.75) is 19.4 Å². The first-order valence-electron chi connectivity index (χ1n) is 4.66. The molecule has 0 bridgehead atoms. The Hall–Kier alpha value is -0.940. The monoisotopic (exact) mass is 272 g/mol. The number of pyridine rings is 1. The lowest BCUT2D eigenvalue weighted by molar-refractivity contribution is -0.143. The second-order valence-corrected chi connectivity index (χ2v) is 3.84. The summed E-state index contributed by atoms with van der Waals surface area (Å²) in [5.41, 5.74) is 6.71. The van der Waals surface area contributed by atoms with E-state index in [9.17, 15) is 4.79 Å². The third-order valence-electron chi connectivity index (χ3n) is 1.87. The average Bonchev–Trinajstić information content (AvgIpc) is 2.18. The minimum absolute atomic E-state index is 0.185. The zero-order valence-electron chi connectivity index (χ0n) is 8.44. The number of nitrogens with zero attached hydrogens (tertiary/aromatic N) is 1. The summed E-state index contributed by atoms with van der Waals surface area (Å²) < 4.78 is 5.53. The maximum Gasteiger partial charge on any atom is 0.307 e. The SMILES string of the molecule is CCOC(=O)C[C@@H](N)c1ccnc(Br)c1. The number of carbonyl (C=O) groups excluding carboxylic acids is 1. The van der Waals surface area contributed by atoms with Gasteiger partial charge in [0.1, 0.15) is 4.60 Å². The number of nitrogens with two attached hydrogens (primary N) is 1. The summed E-state index contributed by atoms with van der Waals surface area (Å²) in [6.45, 7) is 2.15. The van der Waals surface area contributed by atoms with Gasteiger partial charge in [-0.1, -0.05) is 0 Å². The third-order valence-corrected chi connectivity index (χ3v) is 2.30. The summed E-state index contributed by atoms with van der Waals surface area (Å²) in [5, 5.41) is 0. The first-order chi connectivity index (χ1) is 7.13. The van der Waals surface area contributed by atoms with E-state index in [1.54, 1.807) is 25.3 Å². The molecule has 0 saturated heterocycles. The topological polar surface area (TPSA) is 65.2 Å². The summed E-state index contributed by atoms with van der Waals surface area (Å²) in [4.78, 5) is 15.2. The van der Waals surface area contributed by atoms with Crippen molar-refractivity contribution < 1.29 is 9.53 Å². The van der Waals surface area contributed by atoms with Crippen LogP contribution in [0.25, 0.3) is 0 Å². The Bertz CT molecular complexity index is 344. The summed E-state index contributed by atoms with van der Waals surface area (Å²) in [6.07, 6.45) is 1.83. The fourth-order valence-corrected chi connectivity index (χ4v) is 1.55. The van der Waals surface area contributed by atoms with E-state index in [2.05, 4.69) is 20.9 Å². The van der Waals surface area contributed by atoms with Gasteiger partial charge in [-0.05, 0) is 40.5 Å². The molecule has 0 amide bonds. The van der Waals surface area contributed by atoms with Crippen molar-refractivity contribution in [3.8, 4) is 0 Å². The van der Waals surface area contributed by atoms with Crippen LogP contribution < -0.4 is 5.73 Å². The van der Waals surface area contributed by atoms with Crippen molar-refractivity contribution >= 4 is 21.9 Å². The summed E-state index contributed by atoms with van der Waals surface area (Å²) in [6, 6.07) is 3.24. The Morgan fingerprint density at radius 3 is 3.07 bits per heavy atom. The van der Waals surface area contributed by atoms with Crippen LogP contribution in [0.4, 0.5) is 0 Å². The molecule has 0 aliphatic carbocycles. The molecular weight excluding hydrogens is 260 g/mol. The number of esters is 1. The van der Waals surface area contributed by atoms with Crippen LogP contribution in [0.1, 0.15) is 24.9 Å². The molecule has 1 rings (SSSR count). The molecule has 2 N–H and O–H groups in total. The zero-order chi connectivity index (χ0) is 11.3. The Morgan fingerprint density at radius 1 is 1.73 bits per heavy atom. The summed E-state index contributed by atoms with van der Waals surface area (Å²) >= 11 is 3.24. The molecule has 5 heteroatoms. The highest BCUT2D eigenvalue weighted by atomic mass is 79.9. The number of halogens is 1. The largest absolute Gasteiger partial charge is 0.466 e. The smallest absolute Gasteiger partial charge is 0.307 e. The molecule has 1 heterocycles. The highest BCUT2D eigenvalue weighted by Crippen LogP contribution is 2.17. The molecule has 1 aromatic heterocycles. The van der Waals surface area contributed by atoms with Crippen LogP contribution in [0, 0.1) is 0 Å². The van der Waals surface area contributed by atoms with Crippen molar-refractivity contribution in [2.75, 3.05) is 6.61 Å². The molecule has 0 aromatic carbocycles. The van der Waals surface area contributed by atoms with Gasteiger partial charge in [0.2, 0.25) is 0 Å². The maximum atomic E-state index is 11.2. The van der Waals surface area contributed by atoms with Crippen LogP contribution in [0.5, 0.6) is 0 Å². The Balaban J connectivity index is 2.60. The fraction of sp³-hybridized carbons (Fsp3) is 0.400. The maximum absolute atomic E-state index is 11.2. The second-order valence-electron chi connectivity index (χ2n) is 3.03. The van der Waals surface area contributed by atoms with Crippen molar-refractivity contribution in [1.29, 1.82) is 0 Å². The second kappa shape index (κ2) is 5.82. The van der Waals surface area contributed by atoms with E-state index in [0.717, 1.165) is 5.56 Å². The van der Waals surface area contributed by atoms with E-state index in [0.29, 0.717) is 11.2 Å². The van der Waals surface area contributed by atoms with Crippen molar-refractivity contribution in [3.05, 3.63) is 28.5 Å². The fourth-order valence-electron chi connectivity index (χ4n) is 1.17. The molecule has 0 radical (unpaired) electrons. The first-order valence-corrected chi connectivity index (χ1v) is 5.45. The van der Waals surface area contributed by atoms with E-state index < -0.39 is 0 Å². The number of rotatable bonds is 4. The Labute approximate surface area is 97.0 Å². The molecule has 0 unspecified atom stereocenters. The number of hydrogen-bond donors (Lipinski definition) is 1. The van der Waals surface area contributed by atoms with Gasteiger partial charge in [-0.25, -0.2) is 4.98 Å². The zero-order valence-corrected chi connectivity index (χ0v) is 10.0. The van der Waals surface area contributed by atoms with Crippen LogP contribution in [-0.4, -0.2) is 17.6 Å². The Morgan fingerprint density at radius 2 is 2.47 bits per heavy atom. The standard InChI is InChI=1S/C10H13BrN2O2/c1-2-15-10(14)6-8(12)7-3-4-13-9(11)5-7/h3-5,8H,2,6,12H2,1H3/t8-/m1/s1. The number of ether oxygens (including phenoxy) is 1. The van der Waals surface area contributed by atoms with Crippen molar-refractivity contribution in [2.24, 2.45) is 5.73 Å². The summed E-state index contributed by atoms with van der Waals surface area (Å²) in [5.74, 6) is -0.280. The van der Waals surface area contributed by atoms with E-state index >= 15 is 0 Å². The Kier molecular flexibility index (Phi) is 4.71. The molecule has 0 spiro atoms. The number of carbonyl (C=O) groups is 1. The predicted molar refractivity (Wildman–Crippen MR) is 60.1 cm³/mol. The van der Waals surface area contributed by atoms with Gasteiger partial charge in [-0.3, -0.25) is 4.79 Å². The molecule has 1 atom stereocenters. The van der Waals surface area contributed by atoms with Crippen LogP contribution in [-0.2, 0) is 9.53 Å². The first kappa shape index (κ1) is 12.1. The van der Waals surface area contributed by atoms with E-state index in [-0.39, 0.29) is 18.4 Å². The highest BCUT2D eigenvalue weighted by molar-refractivity contribution is 9.10. The van der Waals surface area contributed by atoms with Gasteiger partial charge >= 0.3 is 5.97 Å². The van der Waals surface area contributed by atoms with Gasteiger partial charge in [0.15, 0.2) is 0 Å². The van der Waals surface area contributed by atoms with Gasteiger partial charge in [-0.2, -0.15) is 0 Å². The number of aromatic nitrogens is 1. The highest BCUT2D eigenvalue weighted by Gasteiger charge is 2.12. The van der Waals surface area contributed by atoms with Crippen molar-refractivity contribution in [3.63, 3.8) is 0 Å². The van der Waals surface area contributed by atoms with Gasteiger partial charge < -0.3 is 10.5 Å². The van der Waals surface area contributed by atoms with Crippen LogP contribution in [0.15, 0.2) is 22.9 Å². The van der Waals surface area contributed by atoms with Crippen molar-refractivity contribution in [1.82, 2.24) is 4.98 Å². The normalized spacial score (nSPS) is 12.2. The summed E-state index contributed by atoms with van der Waals surface area (Å²) in [7, 11) is 0. The van der Waals surface area contributed by atoms with Gasteiger partial charge in [0.25, 0.3) is 0 Å². The lowest BCUT2D eigenvalue weighted by atomic mass is 10.1. The molecule has 0 aliphatic heterocycles. The minimum Gasteiger partial charge on any atom is -0.466 e. The quantitative estimate of drug-likeness (QED) is 0.671. The molecule has 15 heavy (non-hydrogen) atoms. The molecule has 82 valence electrons. The molecule has 0 fully saturated rings. The number of hydrogen-bond acceptors (Lipinski definition) is 4. The minimum atomic E-state index is -0.344. The predicted octanol–water partition coefficient (Wildman–Crippen LogP) is 1.80. The van der Waals surface area contributed by atoms with Gasteiger partial charge in [0, 0.05) is 12.2 Å². The van der Waals surface area contributed by atoms with Crippen LogP contribution >= 0.6 is 15.9 Å². The lowest BCUT2D eigenvalue weighted by Crippen LogP contribution is -2.17. The average molecular weight is 273 g/mol. The van der Waals surface area contributed by atoms with Crippen LogP contribution in [0.2, 0.25) is 0 Å². The van der Waals surface area contributed by atoms with E-state index in [1.807, 2.05) is 0 Å². The van der Waals surface area contributed by atoms with Crippen LogP contribution in [0.3, 0.4) is 0 Å². The molecular formula is C10H13BrN2O2. The van der Waals surface area contributed by atoms with E-state index in [4.69, 9.17) is 10.5 Å². The third kappa shape index (κ3) is 3.97. The molecule has 4 nitrogen and oxygen atoms in total. The van der Waals surface area contributed by atoms with E-state index in [1.165, 1.54) is 0 Å².